The number of esters is 2. The van der Waals surface area contributed by atoms with Gasteiger partial charge in [-0.25, -0.2) is 0 Å². The van der Waals surface area contributed by atoms with Crippen LogP contribution in [-0.4, -0.2) is 37.9 Å². The number of hydrogen-bond donors (Lipinski definition) is 0. The van der Waals surface area contributed by atoms with Crippen LogP contribution >= 0.6 is 0 Å². The molecule has 0 N–H and O–H groups in total. The maximum atomic E-state index is 12.9. The lowest BCUT2D eigenvalue weighted by Crippen LogP contribution is -2.30. The van der Waals surface area contributed by atoms with Gasteiger partial charge in [0.05, 0.1) is 6.61 Å². The Labute approximate surface area is 423 Å². The summed E-state index contributed by atoms with van der Waals surface area (Å²) in [7, 11) is 0. The summed E-state index contributed by atoms with van der Waals surface area (Å²) in [6, 6.07) is 0. The first-order valence-electron chi connectivity index (χ1n) is 29.5. The van der Waals surface area contributed by atoms with Gasteiger partial charge >= 0.3 is 11.9 Å². The molecule has 0 aliphatic rings. The second-order valence-corrected chi connectivity index (χ2v) is 19.5. The zero-order chi connectivity index (χ0) is 49.2. The lowest BCUT2D eigenvalue weighted by Gasteiger charge is -2.18. The summed E-state index contributed by atoms with van der Waals surface area (Å²) in [5, 5.41) is 0. The van der Waals surface area contributed by atoms with Gasteiger partial charge in [-0.3, -0.25) is 9.59 Å². The average molecular weight is 950 g/mol. The molecule has 5 nitrogen and oxygen atoms in total. The average Bonchev–Trinajstić information content (AvgIpc) is 3.34. The molecule has 5 heteroatoms. The Morgan fingerprint density at radius 1 is 0.338 bits per heavy atom. The third-order valence-electron chi connectivity index (χ3n) is 12.7. The lowest BCUT2D eigenvalue weighted by atomic mass is 10.1. The van der Waals surface area contributed by atoms with Crippen molar-refractivity contribution in [3.8, 4) is 0 Å². The molecule has 0 saturated heterocycles. The highest BCUT2D eigenvalue weighted by molar-refractivity contribution is 5.70. The van der Waals surface area contributed by atoms with E-state index in [4.69, 9.17) is 14.2 Å². The number of unbranched alkanes of at least 4 members (excludes halogenated alkanes) is 31. The summed E-state index contributed by atoms with van der Waals surface area (Å²) in [6.07, 6.45) is 76.4. The van der Waals surface area contributed by atoms with E-state index in [1.54, 1.807) is 0 Å². The van der Waals surface area contributed by atoms with Gasteiger partial charge in [0.1, 0.15) is 6.61 Å². The third kappa shape index (κ3) is 55.9. The van der Waals surface area contributed by atoms with Gasteiger partial charge in [0, 0.05) is 19.4 Å². The minimum absolute atomic E-state index is 0.0690. The number of hydrogen-bond acceptors (Lipinski definition) is 5. The van der Waals surface area contributed by atoms with Crippen LogP contribution in [0.4, 0.5) is 0 Å². The first-order valence-corrected chi connectivity index (χ1v) is 29.5. The molecule has 0 rings (SSSR count). The van der Waals surface area contributed by atoms with Gasteiger partial charge in [-0.1, -0.05) is 241 Å². The normalized spacial score (nSPS) is 12.7. The third-order valence-corrected chi connectivity index (χ3v) is 12.7. The van der Waals surface area contributed by atoms with Gasteiger partial charge in [-0.05, 0) is 109 Å². The molecule has 68 heavy (non-hydrogen) atoms. The highest BCUT2D eigenvalue weighted by Gasteiger charge is 2.17. The van der Waals surface area contributed by atoms with E-state index in [2.05, 4.69) is 93.7 Å². The molecule has 0 aliphatic heterocycles. The molecular weight excluding hydrogens is 837 g/mol. The molecule has 394 valence electrons. The van der Waals surface area contributed by atoms with Crippen LogP contribution in [0.2, 0.25) is 0 Å². The number of carbonyl (C=O) groups excluding carboxylic acids is 2. The standard InChI is InChI=1S/C63H112O5/c1-4-7-10-13-16-19-22-25-28-31-34-37-40-43-46-49-52-55-58-66-59-61(68-63(65)57-54-51-48-45-42-39-36-33-30-27-24-21-18-15-12-9-6-3)60-67-62(64)56-53-50-47-44-41-38-35-32-29-26-23-20-17-14-11-8-5-2/h8,11,17,20,25-30,35,38,61H,4-7,9-10,12-16,18-19,21-24,31-34,36-37,39-60H2,1-3H3/b11-8-,20-17-,28-25-,29-26-,30-27-,38-35-. The van der Waals surface area contributed by atoms with Crippen LogP contribution in [-0.2, 0) is 23.8 Å². The largest absolute Gasteiger partial charge is 0.462 e. The Morgan fingerprint density at radius 3 is 1.07 bits per heavy atom. The van der Waals surface area contributed by atoms with E-state index in [1.165, 1.54) is 167 Å². The molecule has 1 unspecified atom stereocenters. The highest BCUT2D eigenvalue weighted by atomic mass is 16.6. The molecule has 0 bridgehead atoms. The smallest absolute Gasteiger partial charge is 0.306 e. The van der Waals surface area contributed by atoms with Gasteiger partial charge in [0.2, 0.25) is 0 Å². The van der Waals surface area contributed by atoms with Crippen LogP contribution in [0.5, 0.6) is 0 Å². The summed E-state index contributed by atoms with van der Waals surface area (Å²) >= 11 is 0. The van der Waals surface area contributed by atoms with Crippen LogP contribution in [0, 0.1) is 0 Å². The van der Waals surface area contributed by atoms with E-state index in [9.17, 15) is 9.59 Å². The maximum Gasteiger partial charge on any atom is 0.306 e. The molecular formula is C63H112O5. The zero-order valence-electron chi connectivity index (χ0n) is 45.4. The monoisotopic (exact) mass is 949 g/mol. The van der Waals surface area contributed by atoms with Crippen molar-refractivity contribution in [2.75, 3.05) is 19.8 Å². The Morgan fingerprint density at radius 2 is 0.662 bits per heavy atom. The minimum atomic E-state index is -0.553. The molecule has 0 fully saturated rings. The predicted molar refractivity (Wildman–Crippen MR) is 297 cm³/mol. The van der Waals surface area contributed by atoms with Gasteiger partial charge in [0.15, 0.2) is 6.10 Å². The molecule has 0 aromatic heterocycles. The maximum absolute atomic E-state index is 12.9. The highest BCUT2D eigenvalue weighted by Crippen LogP contribution is 2.15. The second-order valence-electron chi connectivity index (χ2n) is 19.5. The second kappa shape index (κ2) is 58.7. The SMILES string of the molecule is CC/C=C\C/C=C\C/C=C\C/C=C\CCCCCCC(=O)OCC(COCCCCCCCCCC/C=C\CCCCCCCC)OC(=O)CCCCCCCCC/C=C\CCCCCCCC. The van der Waals surface area contributed by atoms with Crippen LogP contribution in [0.15, 0.2) is 72.9 Å². The molecule has 0 saturated carbocycles. The van der Waals surface area contributed by atoms with Crippen LogP contribution in [0.25, 0.3) is 0 Å². The molecule has 0 heterocycles. The molecule has 0 radical (unpaired) electrons. The first-order chi connectivity index (χ1) is 33.6. The molecule has 0 aromatic carbocycles. The predicted octanol–water partition coefficient (Wildman–Crippen LogP) is 20.2. The minimum Gasteiger partial charge on any atom is -0.462 e. The topological polar surface area (TPSA) is 61.8 Å². The Bertz CT molecular complexity index is 1210. The van der Waals surface area contributed by atoms with E-state index in [-0.39, 0.29) is 25.2 Å². The van der Waals surface area contributed by atoms with Crippen LogP contribution < -0.4 is 0 Å². The van der Waals surface area contributed by atoms with E-state index >= 15 is 0 Å². The fourth-order valence-electron chi connectivity index (χ4n) is 8.32. The summed E-state index contributed by atoms with van der Waals surface area (Å²) in [4.78, 5) is 25.5. The summed E-state index contributed by atoms with van der Waals surface area (Å²) < 4.78 is 17.5. The summed E-state index contributed by atoms with van der Waals surface area (Å²) in [6.45, 7) is 7.70. The molecule has 0 aliphatic carbocycles. The van der Waals surface area contributed by atoms with Crippen molar-refractivity contribution in [2.24, 2.45) is 0 Å². The number of rotatable bonds is 54. The van der Waals surface area contributed by atoms with E-state index in [0.29, 0.717) is 19.4 Å². The Kier molecular flexibility index (Phi) is 56.4. The quantitative estimate of drug-likeness (QED) is 0.0345. The van der Waals surface area contributed by atoms with Gasteiger partial charge in [-0.15, -0.1) is 0 Å². The van der Waals surface area contributed by atoms with Crippen molar-refractivity contribution in [3.05, 3.63) is 72.9 Å². The molecule has 0 amide bonds. The molecule has 1 atom stereocenters. The first kappa shape index (κ1) is 65.3. The van der Waals surface area contributed by atoms with E-state index in [1.807, 2.05) is 0 Å². The Hall–Kier alpha value is -2.66. The molecule has 0 aromatic rings. The van der Waals surface area contributed by atoms with Crippen molar-refractivity contribution >= 4 is 11.9 Å². The van der Waals surface area contributed by atoms with Crippen LogP contribution in [0.1, 0.15) is 290 Å². The summed E-state index contributed by atoms with van der Waals surface area (Å²) in [5.74, 6) is -0.422. The van der Waals surface area contributed by atoms with Crippen molar-refractivity contribution in [2.45, 2.75) is 297 Å². The van der Waals surface area contributed by atoms with Gasteiger partial charge < -0.3 is 14.2 Å². The van der Waals surface area contributed by atoms with Crippen molar-refractivity contribution in [3.63, 3.8) is 0 Å². The van der Waals surface area contributed by atoms with Crippen LogP contribution in [0.3, 0.4) is 0 Å². The Balaban J connectivity index is 4.32. The van der Waals surface area contributed by atoms with E-state index < -0.39 is 6.10 Å². The van der Waals surface area contributed by atoms with E-state index in [0.717, 1.165) is 89.9 Å². The fraction of sp³-hybridized carbons (Fsp3) is 0.778. The number of allylic oxidation sites excluding steroid dienone is 12. The van der Waals surface area contributed by atoms with Crippen molar-refractivity contribution in [1.82, 2.24) is 0 Å². The lowest BCUT2D eigenvalue weighted by molar-refractivity contribution is -0.163. The number of ether oxygens (including phenoxy) is 3. The molecule has 0 spiro atoms. The number of carbonyl (C=O) groups is 2. The van der Waals surface area contributed by atoms with Crippen molar-refractivity contribution < 1.29 is 23.8 Å². The summed E-state index contributed by atoms with van der Waals surface area (Å²) in [5.41, 5.74) is 0. The van der Waals surface area contributed by atoms with Crippen molar-refractivity contribution in [1.29, 1.82) is 0 Å². The van der Waals surface area contributed by atoms with Gasteiger partial charge in [-0.2, -0.15) is 0 Å². The zero-order valence-corrected chi connectivity index (χ0v) is 45.4. The fourth-order valence-corrected chi connectivity index (χ4v) is 8.32. The van der Waals surface area contributed by atoms with Gasteiger partial charge in [0.25, 0.3) is 0 Å².